The van der Waals surface area contributed by atoms with Gasteiger partial charge in [-0.1, -0.05) is 30.3 Å². The van der Waals surface area contributed by atoms with Crippen molar-refractivity contribution in [3.63, 3.8) is 0 Å². The molecule has 3 aromatic rings. The topological polar surface area (TPSA) is 103 Å². The molecule has 2 atom stereocenters. The number of H-pyrrole nitrogens is 1. The van der Waals surface area contributed by atoms with E-state index in [0.717, 1.165) is 19.5 Å². The second-order valence-corrected chi connectivity index (χ2v) is 9.08. The lowest BCUT2D eigenvalue weighted by molar-refractivity contribution is -0.141. The summed E-state index contributed by atoms with van der Waals surface area (Å²) >= 11 is 0. The summed E-state index contributed by atoms with van der Waals surface area (Å²) in [5, 5.41) is 15.1. The van der Waals surface area contributed by atoms with Crippen LogP contribution in [0.1, 0.15) is 30.7 Å². The highest BCUT2D eigenvalue weighted by atomic mass is 16.3. The number of nitrogens with one attached hydrogen (secondary N) is 2. The Labute approximate surface area is 186 Å². The van der Waals surface area contributed by atoms with Crippen LogP contribution in [-0.4, -0.2) is 62.2 Å². The van der Waals surface area contributed by atoms with Crippen LogP contribution in [0.4, 0.5) is 0 Å². The fraction of sp³-hybridized carbons (Fsp3) is 0.458. The first-order chi connectivity index (χ1) is 15.5. The lowest BCUT2D eigenvalue weighted by Crippen LogP contribution is -2.52. The van der Waals surface area contributed by atoms with E-state index in [9.17, 15) is 14.7 Å². The van der Waals surface area contributed by atoms with Crippen LogP contribution in [0.25, 0.3) is 11.0 Å². The van der Waals surface area contributed by atoms with Gasteiger partial charge in [0.2, 0.25) is 5.91 Å². The van der Waals surface area contributed by atoms with E-state index >= 15 is 0 Å². The fourth-order valence-corrected chi connectivity index (χ4v) is 5.14. The van der Waals surface area contributed by atoms with Gasteiger partial charge in [-0.2, -0.15) is 0 Å². The first-order valence-electron chi connectivity index (χ1n) is 11.3. The van der Waals surface area contributed by atoms with Gasteiger partial charge in [-0.3, -0.25) is 14.2 Å². The van der Waals surface area contributed by atoms with Crippen molar-refractivity contribution in [3.05, 3.63) is 64.8 Å². The number of carbonyl (C=O) groups excluding carboxylic acids is 1. The highest BCUT2D eigenvalue weighted by molar-refractivity contribution is 5.80. The van der Waals surface area contributed by atoms with Crippen LogP contribution in [-0.2, 0) is 11.3 Å². The molecule has 2 aromatic heterocycles. The minimum absolute atomic E-state index is 0.0485. The van der Waals surface area contributed by atoms with Crippen molar-refractivity contribution in [2.24, 2.45) is 5.92 Å². The second kappa shape index (κ2) is 8.52. The van der Waals surface area contributed by atoms with Crippen LogP contribution in [0.15, 0.2) is 53.7 Å². The average molecular weight is 436 g/mol. The first kappa shape index (κ1) is 20.9. The lowest BCUT2D eigenvalue weighted by atomic mass is 9.80. The van der Waals surface area contributed by atoms with Crippen molar-refractivity contribution in [2.45, 2.75) is 37.3 Å². The number of rotatable bonds is 4. The van der Waals surface area contributed by atoms with Gasteiger partial charge in [0.05, 0.1) is 23.9 Å². The molecule has 2 saturated heterocycles. The zero-order valence-corrected chi connectivity index (χ0v) is 18.0. The third kappa shape index (κ3) is 3.96. The van der Waals surface area contributed by atoms with Crippen LogP contribution >= 0.6 is 0 Å². The van der Waals surface area contributed by atoms with Crippen LogP contribution in [0, 0.1) is 5.92 Å². The Morgan fingerprint density at radius 3 is 2.75 bits per heavy atom. The molecule has 1 amide bonds. The SMILES string of the molecule is O=C([C@@H]1CCNC[C@H]1c1ccccc1)N1CCC(O)(Cn2cnc3[nH]ccc3c2=O)CC1. The third-order valence-electron chi connectivity index (χ3n) is 7.04. The van der Waals surface area contributed by atoms with E-state index in [1.165, 1.54) is 16.5 Å². The van der Waals surface area contributed by atoms with Crippen molar-refractivity contribution >= 4 is 16.9 Å². The van der Waals surface area contributed by atoms with Crippen LogP contribution < -0.4 is 10.9 Å². The summed E-state index contributed by atoms with van der Waals surface area (Å²) in [6, 6.07) is 11.9. The quantitative estimate of drug-likeness (QED) is 0.576. The summed E-state index contributed by atoms with van der Waals surface area (Å²) in [5.74, 6) is 0.290. The second-order valence-electron chi connectivity index (χ2n) is 9.08. The summed E-state index contributed by atoms with van der Waals surface area (Å²) < 4.78 is 1.48. The molecule has 0 bridgehead atoms. The molecule has 2 aliphatic heterocycles. The molecule has 0 saturated carbocycles. The Bertz CT molecular complexity index is 1150. The monoisotopic (exact) mass is 435 g/mol. The number of aromatic amines is 1. The number of hydrogen-bond acceptors (Lipinski definition) is 5. The Balaban J connectivity index is 1.26. The number of carbonyl (C=O) groups is 1. The number of nitrogens with zero attached hydrogens (tertiary/aromatic N) is 3. The molecule has 0 spiro atoms. The van der Waals surface area contributed by atoms with Crippen LogP contribution in [0.3, 0.4) is 0 Å². The molecular weight excluding hydrogens is 406 g/mol. The number of likely N-dealkylation sites (tertiary alicyclic amines) is 1. The van der Waals surface area contributed by atoms with Gasteiger partial charge in [0.15, 0.2) is 0 Å². The molecule has 168 valence electrons. The molecule has 3 N–H and O–H groups in total. The van der Waals surface area contributed by atoms with Gasteiger partial charge < -0.3 is 20.3 Å². The molecule has 0 aliphatic carbocycles. The van der Waals surface area contributed by atoms with Crippen LogP contribution in [0.2, 0.25) is 0 Å². The molecule has 1 aromatic carbocycles. The summed E-state index contributed by atoms with van der Waals surface area (Å²) in [7, 11) is 0. The van der Waals surface area contributed by atoms with Crippen molar-refractivity contribution < 1.29 is 9.90 Å². The largest absolute Gasteiger partial charge is 0.388 e. The molecule has 0 radical (unpaired) electrons. The van der Waals surface area contributed by atoms with Gasteiger partial charge in [-0.25, -0.2) is 4.98 Å². The maximum absolute atomic E-state index is 13.4. The van der Waals surface area contributed by atoms with Gasteiger partial charge in [-0.15, -0.1) is 0 Å². The normalized spacial score (nSPS) is 23.3. The van der Waals surface area contributed by atoms with Crippen molar-refractivity contribution in [1.82, 2.24) is 24.8 Å². The van der Waals surface area contributed by atoms with E-state index in [1.54, 1.807) is 12.3 Å². The van der Waals surface area contributed by atoms with Gasteiger partial charge in [0, 0.05) is 37.7 Å². The van der Waals surface area contributed by atoms with Gasteiger partial charge in [-0.05, 0) is 37.4 Å². The molecule has 2 fully saturated rings. The number of fused-ring (bicyclic) bond motifs is 1. The Morgan fingerprint density at radius 1 is 1.19 bits per heavy atom. The third-order valence-corrected chi connectivity index (χ3v) is 7.04. The van der Waals surface area contributed by atoms with Gasteiger partial charge in [0.25, 0.3) is 5.56 Å². The number of piperidine rings is 2. The molecule has 2 aliphatic rings. The van der Waals surface area contributed by atoms with Crippen LogP contribution in [0.5, 0.6) is 0 Å². The van der Waals surface area contributed by atoms with Crippen molar-refractivity contribution in [3.8, 4) is 0 Å². The summed E-state index contributed by atoms with van der Waals surface area (Å²) in [6.45, 7) is 2.82. The zero-order chi connectivity index (χ0) is 22.1. The van der Waals surface area contributed by atoms with E-state index < -0.39 is 5.60 Å². The Hall–Kier alpha value is -2.97. The Kier molecular flexibility index (Phi) is 5.57. The molecule has 4 heterocycles. The minimum atomic E-state index is -1.03. The number of aliphatic hydroxyl groups is 1. The molecular formula is C24H29N5O3. The summed E-state index contributed by atoms with van der Waals surface area (Å²) in [4.78, 5) is 35.2. The van der Waals surface area contributed by atoms with E-state index in [-0.39, 0.29) is 29.8 Å². The standard InChI is InChI=1S/C24H29N5O3/c30-22(18-6-10-25-14-20(18)17-4-2-1-3-5-17)28-12-8-24(32,9-13-28)15-29-16-27-21-19(23(29)31)7-11-26-21/h1-5,7,11,16,18,20,25-26,32H,6,8-10,12-15H2/t18-,20+/m1/s1. The molecule has 32 heavy (non-hydrogen) atoms. The fourth-order valence-electron chi connectivity index (χ4n) is 5.14. The maximum atomic E-state index is 13.4. The molecule has 5 rings (SSSR count). The van der Waals surface area contributed by atoms with E-state index in [2.05, 4.69) is 27.4 Å². The minimum Gasteiger partial charge on any atom is -0.388 e. The summed E-state index contributed by atoms with van der Waals surface area (Å²) in [6.07, 6.45) is 4.87. The number of amides is 1. The zero-order valence-electron chi connectivity index (χ0n) is 18.0. The highest BCUT2D eigenvalue weighted by Crippen LogP contribution is 2.33. The Morgan fingerprint density at radius 2 is 1.97 bits per heavy atom. The average Bonchev–Trinajstić information content (AvgIpc) is 3.31. The number of hydrogen-bond donors (Lipinski definition) is 3. The van der Waals surface area contributed by atoms with Gasteiger partial charge >= 0.3 is 0 Å². The highest BCUT2D eigenvalue weighted by Gasteiger charge is 2.39. The lowest BCUT2D eigenvalue weighted by Gasteiger charge is -2.41. The molecule has 8 nitrogen and oxygen atoms in total. The number of benzene rings is 1. The molecule has 0 unspecified atom stereocenters. The molecule has 8 heteroatoms. The van der Waals surface area contributed by atoms with Gasteiger partial charge in [0.1, 0.15) is 5.65 Å². The van der Waals surface area contributed by atoms with Crippen molar-refractivity contribution in [1.29, 1.82) is 0 Å². The van der Waals surface area contributed by atoms with E-state index in [1.807, 2.05) is 23.1 Å². The van der Waals surface area contributed by atoms with E-state index in [4.69, 9.17) is 0 Å². The predicted molar refractivity (Wildman–Crippen MR) is 121 cm³/mol. The van der Waals surface area contributed by atoms with Crippen molar-refractivity contribution in [2.75, 3.05) is 26.2 Å². The first-order valence-corrected chi connectivity index (χ1v) is 11.3. The maximum Gasteiger partial charge on any atom is 0.262 e. The predicted octanol–water partition coefficient (Wildman–Crippen LogP) is 1.47. The summed E-state index contributed by atoms with van der Waals surface area (Å²) in [5.41, 5.74) is 0.551. The van der Waals surface area contributed by atoms with E-state index in [0.29, 0.717) is 37.0 Å². The smallest absolute Gasteiger partial charge is 0.262 e. The number of aromatic nitrogens is 3.